The maximum Gasteiger partial charge on any atom is 0.254 e. The van der Waals surface area contributed by atoms with Gasteiger partial charge in [-0.1, -0.05) is 60.5 Å². The molecule has 1 aliphatic heterocycles. The number of aryl methyl sites for hydroxylation is 1. The normalized spacial score (nSPS) is 15.7. The Kier molecular flexibility index (Phi) is 7.17. The lowest BCUT2D eigenvalue weighted by molar-refractivity contribution is -0.119. The minimum absolute atomic E-state index is 0.110. The molecular weight excluding hydrogens is 444 g/mol. The summed E-state index contributed by atoms with van der Waals surface area (Å²) in [4.78, 5) is 27.7. The van der Waals surface area contributed by atoms with Crippen molar-refractivity contribution in [1.82, 2.24) is 15.1 Å². The molecule has 2 amide bonds. The molecule has 1 saturated heterocycles. The van der Waals surface area contributed by atoms with Gasteiger partial charge in [-0.2, -0.15) is 0 Å². The Morgan fingerprint density at radius 3 is 2.75 bits per heavy atom. The van der Waals surface area contributed by atoms with E-state index in [0.717, 1.165) is 31.2 Å². The Balaban J connectivity index is 1.42. The highest BCUT2D eigenvalue weighted by molar-refractivity contribution is 7.18. The Bertz CT molecular complexity index is 1100. The Labute approximate surface area is 196 Å². The maximum atomic E-state index is 13.1. The fourth-order valence-corrected chi connectivity index (χ4v) is 4.78. The number of carbonyl (C=O) groups is 2. The second kappa shape index (κ2) is 10.2. The summed E-state index contributed by atoms with van der Waals surface area (Å²) in [7, 11) is 0. The predicted molar refractivity (Wildman–Crippen MR) is 128 cm³/mol. The first-order valence-electron chi connectivity index (χ1n) is 10.9. The maximum absolute atomic E-state index is 13.1. The molecule has 4 rings (SSSR count). The van der Waals surface area contributed by atoms with Crippen LogP contribution in [0.1, 0.15) is 48.5 Å². The van der Waals surface area contributed by atoms with Gasteiger partial charge in [0.25, 0.3) is 5.91 Å². The molecule has 2 aromatic carbocycles. The van der Waals surface area contributed by atoms with Gasteiger partial charge in [-0.3, -0.25) is 14.9 Å². The van der Waals surface area contributed by atoms with E-state index in [0.29, 0.717) is 33.7 Å². The van der Waals surface area contributed by atoms with E-state index < -0.39 is 6.04 Å². The van der Waals surface area contributed by atoms with Crippen molar-refractivity contribution in [2.45, 2.75) is 45.1 Å². The van der Waals surface area contributed by atoms with E-state index in [2.05, 4.69) is 22.4 Å². The zero-order chi connectivity index (χ0) is 22.5. The van der Waals surface area contributed by atoms with Crippen molar-refractivity contribution < 1.29 is 9.59 Å². The van der Waals surface area contributed by atoms with E-state index in [4.69, 9.17) is 11.6 Å². The van der Waals surface area contributed by atoms with E-state index in [9.17, 15) is 9.59 Å². The van der Waals surface area contributed by atoms with E-state index in [1.54, 1.807) is 17.0 Å². The number of hydrogen-bond acceptors (Lipinski definition) is 5. The molecule has 0 bridgehead atoms. The van der Waals surface area contributed by atoms with E-state index in [1.165, 1.54) is 16.9 Å². The standard InChI is InChI=1S/C24H25ClN4O2S/c1-2-3-6-16-10-12-17(13-11-16)23(31)29-14-5-9-20(29)21(30)26-24-28-27-22(32-24)18-7-4-8-19(25)15-18/h4,7-8,10-13,15,20H,2-3,5-6,9,14H2,1H3,(H,26,28,30). The number of halogens is 1. The number of aromatic nitrogens is 2. The lowest BCUT2D eigenvalue weighted by atomic mass is 10.1. The van der Waals surface area contributed by atoms with Crippen LogP contribution in [0.5, 0.6) is 0 Å². The summed E-state index contributed by atoms with van der Waals surface area (Å²) in [5, 5.41) is 12.8. The largest absolute Gasteiger partial charge is 0.327 e. The molecule has 32 heavy (non-hydrogen) atoms. The second-order valence-electron chi connectivity index (χ2n) is 7.87. The number of hydrogen-bond donors (Lipinski definition) is 1. The number of unbranched alkanes of at least 4 members (excludes halogenated alkanes) is 1. The summed E-state index contributed by atoms with van der Waals surface area (Å²) in [6, 6.07) is 14.6. The summed E-state index contributed by atoms with van der Waals surface area (Å²) in [5.74, 6) is -0.342. The van der Waals surface area contributed by atoms with Gasteiger partial charge in [0.15, 0.2) is 0 Å². The first kappa shape index (κ1) is 22.4. The van der Waals surface area contributed by atoms with E-state index in [1.807, 2.05) is 36.4 Å². The van der Waals surface area contributed by atoms with Crippen LogP contribution in [0.4, 0.5) is 5.13 Å². The van der Waals surface area contributed by atoms with Gasteiger partial charge in [0.2, 0.25) is 11.0 Å². The van der Waals surface area contributed by atoms with Gasteiger partial charge >= 0.3 is 0 Å². The minimum Gasteiger partial charge on any atom is -0.327 e. The van der Waals surface area contributed by atoms with Crippen LogP contribution in [0.3, 0.4) is 0 Å². The lowest BCUT2D eigenvalue weighted by Crippen LogP contribution is -2.43. The average Bonchev–Trinajstić information content (AvgIpc) is 3.47. The van der Waals surface area contributed by atoms with Crippen molar-refractivity contribution in [3.63, 3.8) is 0 Å². The molecule has 6 nitrogen and oxygen atoms in total. The number of nitrogens with zero attached hydrogens (tertiary/aromatic N) is 3. The summed E-state index contributed by atoms with van der Waals surface area (Å²) < 4.78 is 0. The number of likely N-dealkylation sites (tertiary alicyclic amines) is 1. The monoisotopic (exact) mass is 468 g/mol. The summed E-state index contributed by atoms with van der Waals surface area (Å²) in [5.41, 5.74) is 2.69. The molecule has 1 aliphatic rings. The summed E-state index contributed by atoms with van der Waals surface area (Å²) in [6.45, 7) is 2.73. The van der Waals surface area contributed by atoms with Crippen molar-refractivity contribution in [3.8, 4) is 10.6 Å². The van der Waals surface area contributed by atoms with Crippen LogP contribution in [-0.2, 0) is 11.2 Å². The first-order chi connectivity index (χ1) is 15.5. The van der Waals surface area contributed by atoms with Gasteiger partial charge in [-0.15, -0.1) is 10.2 Å². The molecule has 0 spiro atoms. The fraction of sp³-hybridized carbons (Fsp3) is 0.333. The van der Waals surface area contributed by atoms with E-state index >= 15 is 0 Å². The van der Waals surface area contributed by atoms with Crippen LogP contribution in [0.15, 0.2) is 48.5 Å². The fourth-order valence-electron chi connectivity index (χ4n) is 3.84. The highest BCUT2D eigenvalue weighted by Gasteiger charge is 2.35. The third kappa shape index (κ3) is 5.16. The third-order valence-corrected chi connectivity index (χ3v) is 6.69. The highest BCUT2D eigenvalue weighted by atomic mass is 35.5. The van der Waals surface area contributed by atoms with Gasteiger partial charge in [0.1, 0.15) is 11.0 Å². The van der Waals surface area contributed by atoms with Crippen LogP contribution in [-0.4, -0.2) is 39.5 Å². The molecule has 1 aromatic heterocycles. The molecule has 1 unspecified atom stereocenters. The first-order valence-corrected chi connectivity index (χ1v) is 12.0. The van der Waals surface area contributed by atoms with Gasteiger partial charge < -0.3 is 4.90 Å². The zero-order valence-electron chi connectivity index (χ0n) is 17.9. The predicted octanol–water partition coefficient (Wildman–Crippen LogP) is 5.44. The molecule has 0 radical (unpaired) electrons. The van der Waals surface area contributed by atoms with E-state index in [-0.39, 0.29) is 11.8 Å². The molecular formula is C24H25ClN4O2S. The van der Waals surface area contributed by atoms with Gasteiger partial charge in [-0.25, -0.2) is 0 Å². The van der Waals surface area contributed by atoms with Gasteiger partial charge in [0.05, 0.1) is 0 Å². The highest BCUT2D eigenvalue weighted by Crippen LogP contribution is 2.29. The number of carbonyl (C=O) groups excluding carboxylic acids is 2. The van der Waals surface area contributed by atoms with Gasteiger partial charge in [-0.05, 0) is 55.5 Å². The number of rotatable bonds is 7. The van der Waals surface area contributed by atoms with Crippen molar-refractivity contribution in [1.29, 1.82) is 0 Å². The van der Waals surface area contributed by atoms with Gasteiger partial charge in [0, 0.05) is 22.7 Å². The molecule has 3 aromatic rings. The molecule has 8 heteroatoms. The van der Waals surface area contributed by atoms with Crippen molar-refractivity contribution in [3.05, 3.63) is 64.7 Å². The second-order valence-corrected chi connectivity index (χ2v) is 9.28. The zero-order valence-corrected chi connectivity index (χ0v) is 19.5. The number of nitrogens with one attached hydrogen (secondary N) is 1. The van der Waals surface area contributed by atoms with Crippen LogP contribution in [0.25, 0.3) is 10.6 Å². The van der Waals surface area contributed by atoms with Crippen LogP contribution >= 0.6 is 22.9 Å². The lowest BCUT2D eigenvalue weighted by Gasteiger charge is -2.23. The Morgan fingerprint density at radius 2 is 2.00 bits per heavy atom. The molecule has 1 fully saturated rings. The summed E-state index contributed by atoms with van der Waals surface area (Å²) in [6.07, 6.45) is 4.71. The molecule has 1 N–H and O–H groups in total. The Morgan fingerprint density at radius 1 is 1.19 bits per heavy atom. The number of anilines is 1. The molecule has 0 aliphatic carbocycles. The SMILES string of the molecule is CCCCc1ccc(C(=O)N2CCCC2C(=O)Nc2nnc(-c3cccc(Cl)c3)s2)cc1. The average molecular weight is 469 g/mol. The molecule has 166 valence electrons. The van der Waals surface area contributed by atoms with Crippen molar-refractivity contribution in [2.75, 3.05) is 11.9 Å². The Hall–Kier alpha value is -2.77. The minimum atomic E-state index is -0.513. The van der Waals surface area contributed by atoms with Crippen molar-refractivity contribution >= 4 is 39.9 Å². The number of amides is 2. The van der Waals surface area contributed by atoms with Crippen LogP contribution in [0.2, 0.25) is 5.02 Å². The number of benzene rings is 2. The molecule has 2 heterocycles. The molecule has 1 atom stereocenters. The quantitative estimate of drug-likeness (QED) is 0.500. The topological polar surface area (TPSA) is 75.2 Å². The summed E-state index contributed by atoms with van der Waals surface area (Å²) >= 11 is 7.33. The van der Waals surface area contributed by atoms with Crippen molar-refractivity contribution in [2.24, 2.45) is 0 Å². The third-order valence-electron chi connectivity index (χ3n) is 5.56. The van der Waals surface area contributed by atoms with Crippen LogP contribution < -0.4 is 5.32 Å². The smallest absolute Gasteiger partial charge is 0.254 e. The molecule has 0 saturated carbocycles. The van der Waals surface area contributed by atoms with Crippen LogP contribution in [0, 0.1) is 0 Å².